The van der Waals surface area contributed by atoms with Crippen LogP contribution >= 0.6 is 9.39 Å². The van der Waals surface area contributed by atoms with Crippen molar-refractivity contribution in [3.63, 3.8) is 0 Å². The van der Waals surface area contributed by atoms with E-state index >= 15 is 0 Å². The standard InChI is InChI=1S/C33H53N4O3P/c1-8-26(30-36(7)28-12-10-11-13-29(28)37(30)22-23-39-9-2)19-21-34-20-18-25-14-16-27(17-15-25)33(5,6)31(38)40-24-32(3,4)35-41/h10-17,26,30,34-35H,8-9,18-24,41H2,1-7H3. The molecule has 3 rings (SSSR count). The number of anilines is 2. The lowest BCUT2D eigenvalue weighted by molar-refractivity contribution is -0.151. The zero-order chi connectivity index (χ0) is 30.0. The van der Waals surface area contributed by atoms with Gasteiger partial charge in [0, 0.05) is 25.7 Å². The number of hydrogen-bond donors (Lipinski definition) is 2. The SMILES string of the molecule is CCOCCN1c2ccccc2N(C)C1C(CC)CCNCCc1ccc(C(C)(C)C(=O)OCC(C)(C)NP)cc1. The molecule has 1 aliphatic heterocycles. The second-order valence-corrected chi connectivity index (χ2v) is 12.6. The molecule has 3 atom stereocenters. The molecule has 0 amide bonds. The van der Waals surface area contributed by atoms with Gasteiger partial charge < -0.3 is 24.6 Å². The van der Waals surface area contributed by atoms with E-state index in [0.29, 0.717) is 18.7 Å². The van der Waals surface area contributed by atoms with Crippen molar-refractivity contribution < 1.29 is 14.3 Å². The van der Waals surface area contributed by atoms with E-state index in [0.717, 1.165) is 57.7 Å². The van der Waals surface area contributed by atoms with E-state index in [1.165, 1.54) is 16.9 Å². The van der Waals surface area contributed by atoms with Crippen LogP contribution in [-0.4, -0.2) is 64.2 Å². The maximum Gasteiger partial charge on any atom is 0.316 e. The fourth-order valence-electron chi connectivity index (χ4n) is 5.51. The van der Waals surface area contributed by atoms with Gasteiger partial charge in [0.05, 0.1) is 23.4 Å². The maximum absolute atomic E-state index is 12.8. The molecule has 41 heavy (non-hydrogen) atoms. The molecule has 2 aromatic rings. The molecule has 0 spiro atoms. The van der Waals surface area contributed by atoms with Crippen molar-refractivity contribution in [1.82, 2.24) is 10.4 Å². The quantitative estimate of drug-likeness (QED) is 0.144. The molecule has 2 N–H and O–H groups in total. The van der Waals surface area contributed by atoms with E-state index in [4.69, 9.17) is 9.47 Å². The smallest absolute Gasteiger partial charge is 0.316 e. The highest BCUT2D eigenvalue weighted by Crippen LogP contribution is 2.41. The molecule has 1 heterocycles. The molecule has 0 aromatic heterocycles. The third-order valence-electron chi connectivity index (χ3n) is 8.34. The number of hydrogen-bond acceptors (Lipinski definition) is 7. The van der Waals surface area contributed by atoms with E-state index in [9.17, 15) is 4.79 Å². The summed E-state index contributed by atoms with van der Waals surface area (Å²) in [7, 11) is 4.71. The number of para-hydroxylation sites is 2. The Hall–Kier alpha value is -2.18. The van der Waals surface area contributed by atoms with Crippen molar-refractivity contribution in [2.45, 2.75) is 77.9 Å². The number of carbonyl (C=O) groups excluding carboxylic acids is 1. The van der Waals surface area contributed by atoms with Gasteiger partial charge in [-0.25, -0.2) is 0 Å². The Kier molecular flexibility index (Phi) is 12.5. The summed E-state index contributed by atoms with van der Waals surface area (Å²) >= 11 is 0. The van der Waals surface area contributed by atoms with Gasteiger partial charge in [0.25, 0.3) is 0 Å². The second-order valence-electron chi connectivity index (χ2n) is 12.3. The molecule has 2 aromatic carbocycles. The van der Waals surface area contributed by atoms with Crippen molar-refractivity contribution in [1.29, 1.82) is 0 Å². The van der Waals surface area contributed by atoms with Crippen molar-refractivity contribution in [2.75, 3.05) is 56.3 Å². The van der Waals surface area contributed by atoms with Crippen LogP contribution in [0.25, 0.3) is 0 Å². The van der Waals surface area contributed by atoms with Crippen LogP contribution in [0.4, 0.5) is 11.4 Å². The predicted octanol–water partition coefficient (Wildman–Crippen LogP) is 5.53. The van der Waals surface area contributed by atoms with Gasteiger partial charge in [-0.3, -0.25) is 9.88 Å². The lowest BCUT2D eigenvalue weighted by Crippen LogP contribution is -2.48. The summed E-state index contributed by atoms with van der Waals surface area (Å²) in [6.45, 7) is 16.8. The highest BCUT2D eigenvalue weighted by molar-refractivity contribution is 7.13. The number of nitrogens with zero attached hydrogens (tertiary/aromatic N) is 2. The summed E-state index contributed by atoms with van der Waals surface area (Å²) in [5.74, 6) is 0.332. The van der Waals surface area contributed by atoms with E-state index in [2.05, 4.69) is 99.0 Å². The second kappa shape index (κ2) is 15.3. The van der Waals surface area contributed by atoms with Crippen LogP contribution in [0.1, 0.15) is 65.5 Å². The number of nitrogens with one attached hydrogen (secondary N) is 2. The van der Waals surface area contributed by atoms with Gasteiger partial charge in [-0.1, -0.05) is 52.7 Å². The van der Waals surface area contributed by atoms with Gasteiger partial charge in [-0.05, 0) is 96.1 Å². The summed E-state index contributed by atoms with van der Waals surface area (Å²) in [6.07, 6.45) is 3.53. The first kappa shape index (κ1) is 33.3. The summed E-state index contributed by atoms with van der Waals surface area (Å²) in [4.78, 5) is 17.8. The lowest BCUT2D eigenvalue weighted by atomic mass is 9.84. The molecule has 0 fully saturated rings. The highest BCUT2D eigenvalue weighted by Gasteiger charge is 2.37. The Morgan fingerprint density at radius 3 is 2.34 bits per heavy atom. The largest absolute Gasteiger partial charge is 0.463 e. The van der Waals surface area contributed by atoms with Crippen molar-refractivity contribution in [3.05, 3.63) is 59.7 Å². The monoisotopic (exact) mass is 584 g/mol. The number of fused-ring (bicyclic) bond motifs is 1. The average molecular weight is 585 g/mol. The van der Waals surface area contributed by atoms with Crippen LogP contribution in [0.5, 0.6) is 0 Å². The third-order valence-corrected chi connectivity index (χ3v) is 9.12. The number of carbonyl (C=O) groups is 1. The summed E-state index contributed by atoms with van der Waals surface area (Å²) in [5, 5.41) is 6.77. The Morgan fingerprint density at radius 2 is 1.71 bits per heavy atom. The van der Waals surface area contributed by atoms with Gasteiger partial charge in [-0.2, -0.15) is 0 Å². The van der Waals surface area contributed by atoms with Gasteiger partial charge in [0.2, 0.25) is 0 Å². The molecule has 228 valence electrons. The Labute approximate surface area is 251 Å². The molecule has 0 radical (unpaired) electrons. The van der Waals surface area contributed by atoms with Crippen LogP contribution in [0, 0.1) is 5.92 Å². The van der Waals surface area contributed by atoms with Gasteiger partial charge >= 0.3 is 5.97 Å². The first-order valence-corrected chi connectivity index (χ1v) is 15.7. The topological polar surface area (TPSA) is 66.1 Å². The zero-order valence-corrected chi connectivity index (χ0v) is 27.5. The first-order valence-electron chi connectivity index (χ1n) is 15.2. The number of ether oxygens (including phenoxy) is 2. The molecular formula is C33H53N4O3P. The Bertz CT molecular complexity index is 1090. The van der Waals surface area contributed by atoms with Gasteiger partial charge in [0.15, 0.2) is 0 Å². The lowest BCUT2D eigenvalue weighted by Gasteiger charge is -2.37. The summed E-state index contributed by atoms with van der Waals surface area (Å²) in [6, 6.07) is 17.1. The zero-order valence-electron chi connectivity index (χ0n) is 26.3. The average Bonchev–Trinajstić information content (AvgIpc) is 3.25. The van der Waals surface area contributed by atoms with Crippen LogP contribution < -0.4 is 20.2 Å². The molecule has 0 aliphatic carbocycles. The fraction of sp³-hybridized carbons (Fsp3) is 0.606. The van der Waals surface area contributed by atoms with Crippen molar-refractivity contribution >= 4 is 26.7 Å². The third kappa shape index (κ3) is 8.67. The van der Waals surface area contributed by atoms with E-state index in [-0.39, 0.29) is 11.5 Å². The molecule has 3 unspecified atom stereocenters. The van der Waals surface area contributed by atoms with Crippen LogP contribution in [0.2, 0.25) is 0 Å². The van der Waals surface area contributed by atoms with E-state index in [1.54, 1.807) is 0 Å². The van der Waals surface area contributed by atoms with E-state index in [1.807, 2.05) is 27.7 Å². The molecule has 1 aliphatic rings. The van der Waals surface area contributed by atoms with Gasteiger partial charge in [-0.15, -0.1) is 0 Å². The molecule has 0 bridgehead atoms. The number of esters is 1. The number of benzene rings is 2. The molecule has 7 nitrogen and oxygen atoms in total. The highest BCUT2D eigenvalue weighted by atomic mass is 31.0. The summed E-state index contributed by atoms with van der Waals surface area (Å²) in [5.41, 5.74) is 3.86. The predicted molar refractivity (Wildman–Crippen MR) is 175 cm³/mol. The Morgan fingerprint density at radius 1 is 1.02 bits per heavy atom. The van der Waals surface area contributed by atoms with Crippen LogP contribution in [-0.2, 0) is 26.1 Å². The molecular weight excluding hydrogens is 531 g/mol. The molecule has 0 saturated heterocycles. The summed E-state index contributed by atoms with van der Waals surface area (Å²) < 4.78 is 11.4. The molecule has 8 heteroatoms. The first-order chi connectivity index (χ1) is 19.6. The minimum Gasteiger partial charge on any atom is -0.463 e. The van der Waals surface area contributed by atoms with Crippen LogP contribution in [0.15, 0.2) is 48.5 Å². The minimum atomic E-state index is -0.702. The van der Waals surface area contributed by atoms with Crippen LogP contribution in [0.3, 0.4) is 0 Å². The fourth-order valence-corrected chi connectivity index (χ4v) is 5.60. The Balaban J connectivity index is 1.49. The van der Waals surface area contributed by atoms with Crippen molar-refractivity contribution in [3.8, 4) is 0 Å². The normalized spacial score (nSPS) is 16.1. The maximum atomic E-state index is 12.8. The minimum absolute atomic E-state index is 0.210. The van der Waals surface area contributed by atoms with Gasteiger partial charge in [0.1, 0.15) is 12.8 Å². The number of rotatable bonds is 17. The van der Waals surface area contributed by atoms with Crippen molar-refractivity contribution in [2.24, 2.45) is 5.92 Å². The molecule has 0 saturated carbocycles. The van der Waals surface area contributed by atoms with E-state index < -0.39 is 5.41 Å².